The Morgan fingerprint density at radius 2 is 1.93 bits per heavy atom. The molecule has 0 aliphatic carbocycles. The number of primary amides is 1. The summed E-state index contributed by atoms with van der Waals surface area (Å²) in [5, 5.41) is 3.80. The van der Waals surface area contributed by atoms with E-state index in [-0.39, 0.29) is 6.42 Å². The van der Waals surface area contributed by atoms with Gasteiger partial charge in [0, 0.05) is 4.88 Å². The molecule has 3 amide bonds. The molecule has 156 valence electrons. The number of aryl methyl sites for hydroxylation is 1. The lowest BCUT2D eigenvalue weighted by atomic mass is 10.2. The van der Waals surface area contributed by atoms with Crippen LogP contribution in [0.15, 0.2) is 16.5 Å². The number of carbonyl (C=O) groups is 3. The SMILES string of the molecule is Cc1nc(SC(C)C(=O)NCC(=O)Nc2ccc(F)c(F)c2F)sc1CC(N)=O. The smallest absolute Gasteiger partial charge is 0.243 e. The first kappa shape index (κ1) is 22.7. The number of nitrogens with zero attached hydrogens (tertiary/aromatic N) is 1. The van der Waals surface area contributed by atoms with Crippen molar-refractivity contribution in [3.8, 4) is 0 Å². The van der Waals surface area contributed by atoms with Crippen LogP contribution in [0.25, 0.3) is 0 Å². The summed E-state index contributed by atoms with van der Waals surface area (Å²) in [6.45, 7) is 2.83. The highest BCUT2D eigenvalue weighted by Crippen LogP contribution is 2.30. The number of hydrogen-bond donors (Lipinski definition) is 3. The van der Waals surface area contributed by atoms with Crippen molar-refractivity contribution in [2.24, 2.45) is 5.73 Å². The van der Waals surface area contributed by atoms with Crippen LogP contribution in [0, 0.1) is 24.4 Å². The predicted octanol–water partition coefficient (Wildman–Crippen LogP) is 2.13. The predicted molar refractivity (Wildman–Crippen MR) is 103 cm³/mol. The van der Waals surface area contributed by atoms with Crippen LogP contribution in [0.1, 0.15) is 17.5 Å². The lowest BCUT2D eigenvalue weighted by molar-refractivity contribution is -0.123. The molecule has 0 saturated heterocycles. The van der Waals surface area contributed by atoms with Crippen molar-refractivity contribution >= 4 is 46.5 Å². The van der Waals surface area contributed by atoms with Gasteiger partial charge in [-0.1, -0.05) is 11.8 Å². The van der Waals surface area contributed by atoms with Crippen molar-refractivity contribution in [1.82, 2.24) is 10.3 Å². The molecule has 0 radical (unpaired) electrons. The van der Waals surface area contributed by atoms with E-state index < -0.39 is 52.7 Å². The highest BCUT2D eigenvalue weighted by atomic mass is 32.2. The van der Waals surface area contributed by atoms with Crippen LogP contribution in [0.5, 0.6) is 0 Å². The molecule has 1 unspecified atom stereocenters. The number of benzene rings is 1. The lowest BCUT2D eigenvalue weighted by Gasteiger charge is -2.11. The van der Waals surface area contributed by atoms with E-state index in [1.54, 1.807) is 13.8 Å². The number of hydrogen-bond acceptors (Lipinski definition) is 6. The average molecular weight is 446 g/mol. The number of thioether (sulfide) groups is 1. The Balaban J connectivity index is 1.87. The molecular weight excluding hydrogens is 429 g/mol. The Bertz CT molecular complexity index is 952. The Kier molecular flexibility index (Phi) is 7.62. The molecule has 2 rings (SSSR count). The number of amides is 3. The number of rotatable bonds is 8. The topological polar surface area (TPSA) is 114 Å². The second kappa shape index (κ2) is 9.74. The third-order valence-corrected chi connectivity index (χ3v) is 5.94. The van der Waals surface area contributed by atoms with Crippen LogP contribution >= 0.6 is 23.1 Å². The first-order chi connectivity index (χ1) is 13.6. The van der Waals surface area contributed by atoms with Gasteiger partial charge >= 0.3 is 0 Å². The molecule has 1 aromatic carbocycles. The van der Waals surface area contributed by atoms with Crippen LogP contribution in [0.2, 0.25) is 0 Å². The number of nitrogens with two attached hydrogens (primary N) is 1. The minimum absolute atomic E-state index is 0.0609. The fourth-order valence-electron chi connectivity index (χ4n) is 2.11. The van der Waals surface area contributed by atoms with Gasteiger partial charge in [-0.25, -0.2) is 18.2 Å². The average Bonchev–Trinajstić information content (AvgIpc) is 2.98. The molecule has 0 bridgehead atoms. The molecular formula is C17H17F3N4O3S2. The minimum Gasteiger partial charge on any atom is -0.369 e. The van der Waals surface area contributed by atoms with Gasteiger partial charge in [-0.3, -0.25) is 14.4 Å². The maximum atomic E-state index is 13.6. The van der Waals surface area contributed by atoms with Gasteiger partial charge in [-0.05, 0) is 26.0 Å². The Morgan fingerprint density at radius 3 is 2.59 bits per heavy atom. The summed E-state index contributed by atoms with van der Waals surface area (Å²) in [4.78, 5) is 40.0. The summed E-state index contributed by atoms with van der Waals surface area (Å²) >= 11 is 2.38. The molecule has 0 aliphatic heterocycles. The maximum Gasteiger partial charge on any atom is 0.243 e. The largest absolute Gasteiger partial charge is 0.369 e. The van der Waals surface area contributed by atoms with E-state index in [1.165, 1.54) is 11.3 Å². The summed E-state index contributed by atoms with van der Waals surface area (Å²) in [5.74, 6) is -6.39. The summed E-state index contributed by atoms with van der Waals surface area (Å²) < 4.78 is 40.2. The van der Waals surface area contributed by atoms with Gasteiger partial charge in [0.1, 0.15) is 0 Å². The fraction of sp³-hybridized carbons (Fsp3) is 0.294. The van der Waals surface area contributed by atoms with E-state index in [4.69, 9.17) is 5.73 Å². The normalized spacial score (nSPS) is 11.8. The third kappa shape index (κ3) is 6.19. The molecule has 0 saturated carbocycles. The Labute approximate surface area is 172 Å². The summed E-state index contributed by atoms with van der Waals surface area (Å²) in [6.07, 6.45) is 0.0609. The van der Waals surface area contributed by atoms with E-state index in [2.05, 4.69) is 15.6 Å². The quantitative estimate of drug-likeness (QED) is 0.425. The van der Waals surface area contributed by atoms with Crippen molar-refractivity contribution in [3.05, 3.63) is 40.2 Å². The molecule has 1 atom stereocenters. The van der Waals surface area contributed by atoms with Crippen molar-refractivity contribution in [3.63, 3.8) is 0 Å². The molecule has 2 aromatic rings. The van der Waals surface area contributed by atoms with Crippen molar-refractivity contribution < 1.29 is 27.6 Å². The van der Waals surface area contributed by atoms with Crippen LogP contribution < -0.4 is 16.4 Å². The van der Waals surface area contributed by atoms with Gasteiger partial charge in [-0.15, -0.1) is 11.3 Å². The second-order valence-electron chi connectivity index (χ2n) is 5.88. The van der Waals surface area contributed by atoms with E-state index in [9.17, 15) is 27.6 Å². The number of thiazole rings is 1. The molecule has 4 N–H and O–H groups in total. The van der Waals surface area contributed by atoms with Gasteiger partial charge in [0.2, 0.25) is 17.7 Å². The van der Waals surface area contributed by atoms with Crippen LogP contribution in [-0.2, 0) is 20.8 Å². The van der Waals surface area contributed by atoms with Gasteiger partial charge in [0.25, 0.3) is 0 Å². The van der Waals surface area contributed by atoms with Crippen LogP contribution in [-0.4, -0.2) is 34.5 Å². The summed E-state index contributed by atoms with van der Waals surface area (Å²) in [6, 6.07) is 1.55. The zero-order chi connectivity index (χ0) is 21.7. The summed E-state index contributed by atoms with van der Waals surface area (Å²) in [5.41, 5.74) is 5.28. The van der Waals surface area contributed by atoms with Gasteiger partial charge < -0.3 is 16.4 Å². The maximum absolute atomic E-state index is 13.6. The molecule has 12 heteroatoms. The van der Waals surface area contributed by atoms with Crippen LogP contribution in [0.3, 0.4) is 0 Å². The zero-order valence-corrected chi connectivity index (χ0v) is 17.0. The number of halogens is 3. The highest BCUT2D eigenvalue weighted by molar-refractivity contribution is 8.02. The van der Waals surface area contributed by atoms with Crippen LogP contribution in [0.4, 0.5) is 18.9 Å². The lowest BCUT2D eigenvalue weighted by Crippen LogP contribution is -2.37. The number of carbonyl (C=O) groups excluding carboxylic acids is 3. The summed E-state index contributed by atoms with van der Waals surface area (Å²) in [7, 11) is 0. The van der Waals surface area contributed by atoms with E-state index in [0.717, 1.165) is 17.8 Å². The number of aromatic nitrogens is 1. The minimum atomic E-state index is -1.70. The Morgan fingerprint density at radius 1 is 1.24 bits per heavy atom. The highest BCUT2D eigenvalue weighted by Gasteiger charge is 2.20. The first-order valence-corrected chi connectivity index (χ1v) is 9.90. The zero-order valence-electron chi connectivity index (χ0n) is 15.3. The number of nitrogens with one attached hydrogen (secondary N) is 2. The van der Waals surface area contributed by atoms with Gasteiger partial charge in [0.05, 0.1) is 29.6 Å². The van der Waals surface area contributed by atoms with Crippen molar-refractivity contribution in [2.75, 3.05) is 11.9 Å². The van der Waals surface area contributed by atoms with Gasteiger partial charge in [0.15, 0.2) is 21.8 Å². The molecule has 29 heavy (non-hydrogen) atoms. The monoisotopic (exact) mass is 446 g/mol. The first-order valence-electron chi connectivity index (χ1n) is 8.20. The molecule has 0 spiro atoms. The number of anilines is 1. The third-order valence-electron chi connectivity index (χ3n) is 3.59. The van der Waals surface area contributed by atoms with Crippen molar-refractivity contribution in [2.45, 2.75) is 29.9 Å². The standard InChI is InChI=1S/C17H17F3N4O3S2/c1-7-11(5-12(21)25)29-17(23-7)28-8(2)16(27)22-6-13(26)24-10-4-3-9(18)14(19)15(10)20/h3-4,8H,5-6H2,1-2H3,(H2,21,25)(H,22,27)(H,24,26). The van der Waals surface area contributed by atoms with E-state index in [0.29, 0.717) is 21.0 Å². The molecule has 7 nitrogen and oxygen atoms in total. The molecule has 0 aliphatic rings. The molecule has 1 aromatic heterocycles. The van der Waals surface area contributed by atoms with Crippen molar-refractivity contribution in [1.29, 1.82) is 0 Å². The molecule has 1 heterocycles. The Hall–Kier alpha value is -2.60. The fourth-order valence-corrected chi connectivity index (χ4v) is 4.52. The van der Waals surface area contributed by atoms with Gasteiger partial charge in [-0.2, -0.15) is 0 Å². The second-order valence-corrected chi connectivity index (χ2v) is 8.55. The van der Waals surface area contributed by atoms with E-state index >= 15 is 0 Å². The molecule has 0 fully saturated rings. The van der Waals surface area contributed by atoms with E-state index in [1.807, 2.05) is 0 Å².